The quantitative estimate of drug-likeness (QED) is 0.582. The van der Waals surface area contributed by atoms with E-state index in [2.05, 4.69) is 56.6 Å². The monoisotopic (exact) mass is 283 g/mol. The molecule has 0 saturated carbocycles. The second kappa shape index (κ2) is 8.44. The molecule has 2 nitrogen and oxygen atoms in total. The van der Waals surface area contributed by atoms with Crippen molar-refractivity contribution < 1.29 is 4.79 Å². The molecule has 0 unspecified atom stereocenters. The molecule has 112 valence electrons. The van der Waals surface area contributed by atoms with E-state index in [1.165, 1.54) is 0 Å². The maximum atomic E-state index is 10.8. The third-order valence-corrected chi connectivity index (χ3v) is 2.95. The van der Waals surface area contributed by atoms with Gasteiger partial charge in [-0.2, -0.15) is 0 Å². The van der Waals surface area contributed by atoms with Crippen molar-refractivity contribution in [3.63, 3.8) is 0 Å². The van der Waals surface area contributed by atoms with E-state index in [4.69, 9.17) is 0 Å². The predicted molar refractivity (Wildman–Crippen MR) is 89.2 cm³/mol. The molecule has 0 fully saturated rings. The van der Waals surface area contributed by atoms with Crippen LogP contribution in [0.2, 0.25) is 0 Å². The molecule has 1 aromatic rings. The van der Waals surface area contributed by atoms with Crippen LogP contribution in [-0.2, 0) is 6.54 Å². The number of nitrogens with zero attached hydrogens (tertiary/aromatic N) is 1. The molecule has 0 saturated heterocycles. The van der Waals surface area contributed by atoms with Crippen LogP contribution in [0.3, 0.4) is 0 Å². The van der Waals surface area contributed by atoms with Crippen molar-refractivity contribution in [2.24, 2.45) is 5.41 Å². The minimum absolute atomic E-state index is 0.0457. The molecule has 0 spiro atoms. The molecule has 1 aromatic carbocycles. The highest BCUT2D eigenvalue weighted by atomic mass is 16.1. The zero-order valence-electron chi connectivity index (χ0n) is 13.5. The average molecular weight is 283 g/mol. The number of hydrogen-bond acceptors (Lipinski definition) is 2. The maximum Gasteiger partial charge on any atom is 0.150 e. The molecule has 0 aliphatic carbocycles. The van der Waals surface area contributed by atoms with Gasteiger partial charge in [0.25, 0.3) is 0 Å². The number of carbonyl (C=O) groups excluding carboxylic acids is 1. The van der Waals surface area contributed by atoms with Crippen molar-refractivity contribution in [3.05, 3.63) is 47.5 Å². The normalized spacial score (nSPS) is 11.5. The van der Waals surface area contributed by atoms with Gasteiger partial charge in [0.2, 0.25) is 0 Å². The van der Waals surface area contributed by atoms with Crippen LogP contribution in [0.5, 0.6) is 0 Å². The zero-order chi connectivity index (χ0) is 15.7. The van der Waals surface area contributed by atoms with Gasteiger partial charge in [0.1, 0.15) is 6.29 Å². The SMILES string of the molecule is CCN(C/C=C/C#CC(C)(C)C)Cc1cccc(C=O)c1. The fourth-order valence-electron chi connectivity index (χ4n) is 1.85. The first-order valence-electron chi connectivity index (χ1n) is 7.39. The standard InChI is InChI=1S/C19H25NO/c1-5-20(13-8-6-7-12-19(2,3)4)15-17-10-9-11-18(14-17)16-21/h6,8-11,14,16H,5,13,15H2,1-4H3/b8-6+. The first-order chi connectivity index (χ1) is 9.94. The Morgan fingerprint density at radius 3 is 2.67 bits per heavy atom. The van der Waals surface area contributed by atoms with Gasteiger partial charge < -0.3 is 0 Å². The second-order valence-electron chi connectivity index (χ2n) is 6.11. The lowest BCUT2D eigenvalue weighted by atomic mass is 9.98. The van der Waals surface area contributed by atoms with Crippen LogP contribution in [0.4, 0.5) is 0 Å². The van der Waals surface area contributed by atoms with Crippen molar-refractivity contribution in [2.45, 2.75) is 34.2 Å². The summed E-state index contributed by atoms with van der Waals surface area (Å²) in [6, 6.07) is 7.75. The third-order valence-electron chi connectivity index (χ3n) is 2.95. The molecule has 0 aliphatic heterocycles. The highest BCUT2D eigenvalue weighted by molar-refractivity contribution is 5.74. The zero-order valence-corrected chi connectivity index (χ0v) is 13.5. The maximum absolute atomic E-state index is 10.8. The Balaban J connectivity index is 2.56. The van der Waals surface area contributed by atoms with Gasteiger partial charge in [-0.3, -0.25) is 9.69 Å². The Morgan fingerprint density at radius 2 is 2.05 bits per heavy atom. The summed E-state index contributed by atoms with van der Waals surface area (Å²) in [5.74, 6) is 6.27. The Morgan fingerprint density at radius 1 is 1.29 bits per heavy atom. The fraction of sp³-hybridized carbons (Fsp3) is 0.421. The predicted octanol–water partition coefficient (Wildman–Crippen LogP) is 3.93. The first kappa shape index (κ1) is 17.2. The molecule has 0 atom stereocenters. The largest absolute Gasteiger partial charge is 0.298 e. The van der Waals surface area contributed by atoms with Gasteiger partial charge in [0.05, 0.1) is 0 Å². The number of hydrogen-bond donors (Lipinski definition) is 0. The third kappa shape index (κ3) is 7.48. The molecule has 0 bridgehead atoms. The van der Waals surface area contributed by atoms with E-state index in [-0.39, 0.29) is 5.41 Å². The number of aldehydes is 1. The van der Waals surface area contributed by atoms with Crippen molar-refractivity contribution in [1.82, 2.24) is 4.90 Å². The highest BCUT2D eigenvalue weighted by Crippen LogP contribution is 2.09. The minimum Gasteiger partial charge on any atom is -0.298 e. The molecule has 0 radical (unpaired) electrons. The summed E-state index contributed by atoms with van der Waals surface area (Å²) in [5.41, 5.74) is 1.94. The summed E-state index contributed by atoms with van der Waals surface area (Å²) in [7, 11) is 0. The molecular weight excluding hydrogens is 258 g/mol. The van der Waals surface area contributed by atoms with E-state index < -0.39 is 0 Å². The smallest absolute Gasteiger partial charge is 0.150 e. The van der Waals surface area contributed by atoms with Crippen LogP contribution in [0.25, 0.3) is 0 Å². The summed E-state index contributed by atoms with van der Waals surface area (Å²) in [4.78, 5) is 13.1. The Kier molecular flexibility index (Phi) is 6.91. The number of rotatable bonds is 6. The molecule has 0 N–H and O–H groups in total. The lowest BCUT2D eigenvalue weighted by molar-refractivity contribution is 0.112. The molecule has 0 aliphatic rings. The van der Waals surface area contributed by atoms with Gasteiger partial charge in [0, 0.05) is 24.1 Å². The summed E-state index contributed by atoms with van der Waals surface area (Å²) in [5, 5.41) is 0. The van der Waals surface area contributed by atoms with E-state index >= 15 is 0 Å². The molecule has 0 aromatic heterocycles. The van der Waals surface area contributed by atoms with E-state index in [1.54, 1.807) is 0 Å². The molecule has 2 heteroatoms. The molecular formula is C19H25NO. The van der Waals surface area contributed by atoms with Gasteiger partial charge >= 0.3 is 0 Å². The minimum atomic E-state index is 0.0457. The van der Waals surface area contributed by atoms with Gasteiger partial charge in [0.15, 0.2) is 0 Å². The number of benzene rings is 1. The van der Waals surface area contributed by atoms with E-state index in [9.17, 15) is 4.79 Å². The Hall–Kier alpha value is -1.85. The number of allylic oxidation sites excluding steroid dienone is 1. The average Bonchev–Trinajstić information content (AvgIpc) is 2.44. The lowest BCUT2D eigenvalue weighted by Gasteiger charge is -2.18. The first-order valence-corrected chi connectivity index (χ1v) is 7.39. The van der Waals surface area contributed by atoms with Gasteiger partial charge in [-0.15, -0.1) is 0 Å². The fourth-order valence-corrected chi connectivity index (χ4v) is 1.85. The topological polar surface area (TPSA) is 20.3 Å². The summed E-state index contributed by atoms with van der Waals surface area (Å²) >= 11 is 0. The van der Waals surface area contributed by atoms with Crippen LogP contribution in [0.1, 0.15) is 43.6 Å². The Labute approximate surface area is 128 Å². The molecule has 1 rings (SSSR count). The molecule has 21 heavy (non-hydrogen) atoms. The summed E-state index contributed by atoms with van der Waals surface area (Å²) < 4.78 is 0. The molecule has 0 amide bonds. The van der Waals surface area contributed by atoms with Crippen molar-refractivity contribution in [1.29, 1.82) is 0 Å². The van der Waals surface area contributed by atoms with Crippen molar-refractivity contribution >= 4 is 6.29 Å². The van der Waals surface area contributed by atoms with Crippen LogP contribution in [0.15, 0.2) is 36.4 Å². The second-order valence-corrected chi connectivity index (χ2v) is 6.11. The van der Waals surface area contributed by atoms with Crippen molar-refractivity contribution in [2.75, 3.05) is 13.1 Å². The summed E-state index contributed by atoms with van der Waals surface area (Å²) in [6.07, 6.45) is 4.91. The van der Waals surface area contributed by atoms with Crippen LogP contribution < -0.4 is 0 Å². The van der Waals surface area contributed by atoms with Gasteiger partial charge in [-0.05, 0) is 45.0 Å². The van der Waals surface area contributed by atoms with E-state index in [0.29, 0.717) is 0 Å². The van der Waals surface area contributed by atoms with Gasteiger partial charge in [-0.25, -0.2) is 0 Å². The Bertz CT molecular complexity index is 541. The van der Waals surface area contributed by atoms with E-state index in [1.807, 2.05) is 24.3 Å². The summed E-state index contributed by atoms with van der Waals surface area (Å²) in [6.45, 7) is 11.1. The van der Waals surface area contributed by atoms with E-state index in [0.717, 1.165) is 37.0 Å². The molecule has 0 heterocycles. The van der Waals surface area contributed by atoms with Crippen LogP contribution in [0, 0.1) is 17.3 Å². The lowest BCUT2D eigenvalue weighted by Crippen LogP contribution is -2.22. The number of carbonyl (C=O) groups is 1. The van der Waals surface area contributed by atoms with Gasteiger partial charge in [-0.1, -0.05) is 43.0 Å². The van der Waals surface area contributed by atoms with Crippen LogP contribution in [-0.4, -0.2) is 24.3 Å². The van der Waals surface area contributed by atoms with Crippen LogP contribution >= 0.6 is 0 Å². The highest BCUT2D eigenvalue weighted by Gasteiger charge is 2.03. The van der Waals surface area contributed by atoms with Crippen molar-refractivity contribution in [3.8, 4) is 11.8 Å². The number of likely N-dealkylation sites (N-methyl/N-ethyl adjacent to an activating group) is 1.